The molecular formula is C11H17N3. The molecule has 2 N–H and O–H groups in total. The molecule has 3 heteroatoms. The molecule has 2 aliphatic rings. The van der Waals surface area contributed by atoms with Gasteiger partial charge in [0, 0.05) is 13.2 Å². The smallest absolute Gasteiger partial charge is 0.0828 e. The van der Waals surface area contributed by atoms with E-state index in [4.69, 9.17) is 5.73 Å². The lowest BCUT2D eigenvalue weighted by molar-refractivity contribution is 0.480. The molecule has 0 saturated heterocycles. The van der Waals surface area contributed by atoms with Gasteiger partial charge in [0.05, 0.1) is 11.2 Å². The third-order valence-electron chi connectivity index (χ3n) is 4.04. The number of hydrogen-bond acceptors (Lipinski definition) is 2. The van der Waals surface area contributed by atoms with Crippen molar-refractivity contribution in [2.75, 3.05) is 0 Å². The minimum atomic E-state index is -0.0717. The molecule has 1 heterocycles. The monoisotopic (exact) mass is 191 g/mol. The van der Waals surface area contributed by atoms with Crippen LogP contribution in [-0.4, -0.2) is 9.78 Å². The molecule has 0 radical (unpaired) electrons. The summed E-state index contributed by atoms with van der Waals surface area (Å²) in [5.41, 5.74) is 7.49. The lowest BCUT2D eigenvalue weighted by atomic mass is 10.0. The minimum absolute atomic E-state index is 0.0717. The zero-order valence-corrected chi connectivity index (χ0v) is 8.61. The number of aryl methyl sites for hydroxylation is 1. The Morgan fingerprint density at radius 1 is 1.43 bits per heavy atom. The number of nitrogens with two attached hydrogens (primary N) is 1. The van der Waals surface area contributed by atoms with Crippen LogP contribution in [0.5, 0.6) is 0 Å². The van der Waals surface area contributed by atoms with Gasteiger partial charge in [-0.15, -0.1) is 0 Å². The van der Waals surface area contributed by atoms with Crippen molar-refractivity contribution in [2.45, 2.75) is 31.2 Å². The highest BCUT2D eigenvalue weighted by atomic mass is 15.3. The maximum absolute atomic E-state index is 6.45. The van der Waals surface area contributed by atoms with E-state index in [9.17, 15) is 0 Å². The molecule has 1 aromatic heterocycles. The molecule has 0 spiro atoms. The first kappa shape index (κ1) is 8.48. The van der Waals surface area contributed by atoms with Gasteiger partial charge in [-0.3, -0.25) is 4.68 Å². The van der Waals surface area contributed by atoms with Crippen molar-refractivity contribution < 1.29 is 0 Å². The topological polar surface area (TPSA) is 43.8 Å². The highest BCUT2D eigenvalue weighted by molar-refractivity contribution is 5.29. The second-order valence-electron chi connectivity index (χ2n) is 4.81. The van der Waals surface area contributed by atoms with Crippen molar-refractivity contribution in [1.82, 2.24) is 9.78 Å². The van der Waals surface area contributed by atoms with E-state index in [0.29, 0.717) is 11.8 Å². The average Bonchev–Trinajstić information content (AvgIpc) is 2.57. The fourth-order valence-corrected chi connectivity index (χ4v) is 3.20. The van der Waals surface area contributed by atoms with Gasteiger partial charge in [-0.1, -0.05) is 12.8 Å². The largest absolute Gasteiger partial charge is 0.320 e. The second-order valence-corrected chi connectivity index (χ2v) is 4.81. The van der Waals surface area contributed by atoms with Gasteiger partial charge in [-0.05, 0) is 30.7 Å². The molecular weight excluding hydrogens is 174 g/mol. The first-order valence-corrected chi connectivity index (χ1v) is 5.52. The van der Waals surface area contributed by atoms with Crippen LogP contribution in [0.4, 0.5) is 0 Å². The summed E-state index contributed by atoms with van der Waals surface area (Å²) in [5, 5.41) is 4.46. The summed E-state index contributed by atoms with van der Waals surface area (Å²) >= 11 is 0. The molecule has 1 aromatic rings. The summed E-state index contributed by atoms with van der Waals surface area (Å²) in [6.07, 6.45) is 7.31. The maximum Gasteiger partial charge on any atom is 0.0828 e. The zero-order valence-electron chi connectivity index (χ0n) is 8.61. The molecule has 2 aliphatic carbocycles. The summed E-state index contributed by atoms with van der Waals surface area (Å²) < 4.78 is 1.86. The first-order chi connectivity index (χ1) is 6.73. The van der Waals surface area contributed by atoms with Crippen LogP contribution in [0.1, 0.15) is 31.4 Å². The van der Waals surface area contributed by atoms with Gasteiger partial charge in [0.2, 0.25) is 0 Å². The van der Waals surface area contributed by atoms with E-state index < -0.39 is 0 Å². The highest BCUT2D eigenvalue weighted by Gasteiger charge is 2.64. The molecule has 2 fully saturated rings. The van der Waals surface area contributed by atoms with E-state index in [-0.39, 0.29) is 5.54 Å². The lowest BCUT2D eigenvalue weighted by Gasteiger charge is -2.06. The normalized spacial score (nSPS) is 40.7. The van der Waals surface area contributed by atoms with E-state index in [2.05, 4.69) is 11.2 Å². The molecule has 0 aromatic carbocycles. The van der Waals surface area contributed by atoms with E-state index >= 15 is 0 Å². The SMILES string of the molecule is Cn1ccc(C2(N)C3CCCCC32)n1. The number of rotatable bonds is 1. The van der Waals surface area contributed by atoms with Crippen molar-refractivity contribution in [3.05, 3.63) is 18.0 Å². The van der Waals surface area contributed by atoms with Crippen molar-refractivity contribution in [2.24, 2.45) is 24.6 Å². The highest BCUT2D eigenvalue weighted by Crippen LogP contribution is 2.62. The Labute approximate surface area is 84.3 Å². The standard InChI is InChI=1S/C11H17N3/c1-14-7-6-10(13-14)11(12)8-4-2-3-5-9(8)11/h6-9H,2-5,12H2,1H3. The van der Waals surface area contributed by atoms with Crippen molar-refractivity contribution in [1.29, 1.82) is 0 Å². The molecule has 0 bridgehead atoms. The quantitative estimate of drug-likeness (QED) is 0.729. The van der Waals surface area contributed by atoms with Gasteiger partial charge in [0.25, 0.3) is 0 Å². The van der Waals surface area contributed by atoms with Gasteiger partial charge in [-0.2, -0.15) is 5.10 Å². The van der Waals surface area contributed by atoms with Crippen LogP contribution >= 0.6 is 0 Å². The van der Waals surface area contributed by atoms with Gasteiger partial charge in [0.1, 0.15) is 0 Å². The number of aromatic nitrogens is 2. The van der Waals surface area contributed by atoms with Crippen LogP contribution in [0, 0.1) is 11.8 Å². The summed E-state index contributed by atoms with van der Waals surface area (Å²) in [7, 11) is 1.96. The minimum Gasteiger partial charge on any atom is -0.320 e. The Bertz CT molecular complexity index is 343. The van der Waals surface area contributed by atoms with Gasteiger partial charge < -0.3 is 5.73 Å². The van der Waals surface area contributed by atoms with Crippen molar-refractivity contribution >= 4 is 0 Å². The van der Waals surface area contributed by atoms with Gasteiger partial charge in [0.15, 0.2) is 0 Å². The van der Waals surface area contributed by atoms with E-state index in [1.807, 2.05) is 17.9 Å². The molecule has 2 atom stereocenters. The number of hydrogen-bond donors (Lipinski definition) is 1. The van der Waals surface area contributed by atoms with Crippen LogP contribution in [-0.2, 0) is 12.6 Å². The second kappa shape index (κ2) is 2.60. The van der Waals surface area contributed by atoms with Crippen LogP contribution in [0.15, 0.2) is 12.3 Å². The zero-order chi connectivity index (χ0) is 9.76. The summed E-state index contributed by atoms with van der Waals surface area (Å²) in [6, 6.07) is 2.08. The van der Waals surface area contributed by atoms with Crippen LogP contribution < -0.4 is 5.73 Å². The molecule has 3 rings (SSSR count). The Balaban J connectivity index is 1.92. The fourth-order valence-electron chi connectivity index (χ4n) is 3.20. The average molecular weight is 191 g/mol. The Hall–Kier alpha value is -0.830. The van der Waals surface area contributed by atoms with Crippen LogP contribution in [0.3, 0.4) is 0 Å². The van der Waals surface area contributed by atoms with Crippen LogP contribution in [0.25, 0.3) is 0 Å². The molecule has 76 valence electrons. The predicted octanol–water partition coefficient (Wildman–Crippen LogP) is 1.39. The van der Waals surface area contributed by atoms with Gasteiger partial charge in [-0.25, -0.2) is 0 Å². The lowest BCUT2D eigenvalue weighted by Crippen LogP contribution is -2.24. The summed E-state index contributed by atoms with van der Waals surface area (Å²) in [6.45, 7) is 0. The molecule has 2 unspecified atom stereocenters. The molecule has 2 saturated carbocycles. The Morgan fingerprint density at radius 2 is 2.07 bits per heavy atom. The Kier molecular flexibility index (Phi) is 1.57. The summed E-state index contributed by atoms with van der Waals surface area (Å²) in [5.74, 6) is 1.43. The molecule has 0 amide bonds. The predicted molar refractivity (Wildman–Crippen MR) is 54.5 cm³/mol. The van der Waals surface area contributed by atoms with E-state index in [0.717, 1.165) is 5.69 Å². The van der Waals surface area contributed by atoms with Gasteiger partial charge >= 0.3 is 0 Å². The Morgan fingerprint density at radius 3 is 2.57 bits per heavy atom. The van der Waals surface area contributed by atoms with Crippen LogP contribution in [0.2, 0.25) is 0 Å². The first-order valence-electron chi connectivity index (χ1n) is 5.52. The number of fused-ring (bicyclic) bond motifs is 1. The third kappa shape index (κ3) is 0.934. The third-order valence-corrected chi connectivity index (χ3v) is 4.04. The number of nitrogens with zero attached hydrogens (tertiary/aromatic N) is 2. The summed E-state index contributed by atoms with van der Waals surface area (Å²) in [4.78, 5) is 0. The van der Waals surface area contributed by atoms with E-state index in [1.165, 1.54) is 25.7 Å². The van der Waals surface area contributed by atoms with Crippen molar-refractivity contribution in [3.8, 4) is 0 Å². The maximum atomic E-state index is 6.45. The van der Waals surface area contributed by atoms with Crippen molar-refractivity contribution in [3.63, 3.8) is 0 Å². The molecule has 14 heavy (non-hydrogen) atoms. The van der Waals surface area contributed by atoms with E-state index in [1.54, 1.807) is 0 Å². The molecule has 3 nitrogen and oxygen atoms in total. The fraction of sp³-hybridized carbons (Fsp3) is 0.727. The molecule has 0 aliphatic heterocycles.